The first-order chi connectivity index (χ1) is 8.31. The summed E-state index contributed by atoms with van der Waals surface area (Å²) in [7, 11) is 1.64. The molecule has 2 rings (SSSR count). The number of aromatic nitrogens is 1. The molecule has 1 aromatic carbocycles. The zero-order chi connectivity index (χ0) is 12.1. The van der Waals surface area contributed by atoms with Crippen LogP contribution in [-0.2, 0) is 12.5 Å². The topological polar surface area (TPSA) is 31.4 Å². The molecule has 0 aliphatic rings. The lowest BCUT2D eigenvalue weighted by atomic mass is 10.3. The van der Waals surface area contributed by atoms with Crippen molar-refractivity contribution in [1.29, 1.82) is 0 Å². The van der Waals surface area contributed by atoms with E-state index >= 15 is 0 Å². The van der Waals surface area contributed by atoms with Crippen LogP contribution in [0.5, 0.6) is 11.5 Å². The van der Waals surface area contributed by atoms with Gasteiger partial charge in [-0.15, -0.1) is 22.9 Å². The Morgan fingerprint density at radius 2 is 1.94 bits per heavy atom. The Hall–Kier alpha value is -1.26. The molecule has 0 saturated heterocycles. The lowest BCUT2D eigenvalue weighted by Gasteiger charge is -2.04. The second-order valence-electron chi connectivity index (χ2n) is 3.33. The molecular formula is C12H12ClNO2S. The van der Waals surface area contributed by atoms with E-state index in [-0.39, 0.29) is 0 Å². The van der Waals surface area contributed by atoms with Crippen LogP contribution in [0.15, 0.2) is 29.6 Å². The van der Waals surface area contributed by atoms with Crippen LogP contribution in [-0.4, -0.2) is 12.1 Å². The molecule has 0 unspecified atom stereocenters. The third-order valence-corrected chi connectivity index (χ3v) is 3.30. The van der Waals surface area contributed by atoms with Gasteiger partial charge in [-0.05, 0) is 24.3 Å². The zero-order valence-electron chi connectivity index (χ0n) is 9.35. The molecule has 90 valence electrons. The van der Waals surface area contributed by atoms with Crippen LogP contribution in [0.2, 0.25) is 0 Å². The van der Waals surface area contributed by atoms with Crippen LogP contribution >= 0.6 is 22.9 Å². The fraction of sp³-hybridized carbons (Fsp3) is 0.250. The highest BCUT2D eigenvalue weighted by Crippen LogP contribution is 2.19. The van der Waals surface area contributed by atoms with Crippen molar-refractivity contribution < 1.29 is 9.47 Å². The number of rotatable bonds is 5. The summed E-state index contributed by atoms with van der Waals surface area (Å²) >= 11 is 7.24. The molecule has 17 heavy (non-hydrogen) atoms. The number of alkyl halides is 1. The average molecular weight is 270 g/mol. The van der Waals surface area contributed by atoms with Crippen LogP contribution in [0.1, 0.15) is 10.7 Å². The van der Waals surface area contributed by atoms with Crippen LogP contribution in [0.25, 0.3) is 0 Å². The molecule has 0 amide bonds. The van der Waals surface area contributed by atoms with E-state index in [1.807, 2.05) is 29.6 Å². The Bertz CT molecular complexity index is 470. The van der Waals surface area contributed by atoms with Gasteiger partial charge >= 0.3 is 0 Å². The summed E-state index contributed by atoms with van der Waals surface area (Å²) in [5.74, 6) is 2.06. The SMILES string of the molecule is COc1ccc(OCc2nc(CCl)cs2)cc1. The fourth-order valence-electron chi connectivity index (χ4n) is 1.29. The number of benzene rings is 1. The third kappa shape index (κ3) is 3.35. The molecule has 0 atom stereocenters. The van der Waals surface area contributed by atoms with Gasteiger partial charge in [-0.2, -0.15) is 0 Å². The first-order valence-electron chi connectivity index (χ1n) is 5.08. The normalized spacial score (nSPS) is 10.2. The van der Waals surface area contributed by atoms with E-state index in [2.05, 4.69) is 4.98 Å². The number of nitrogens with zero attached hydrogens (tertiary/aromatic N) is 1. The molecule has 2 aromatic rings. The first-order valence-corrected chi connectivity index (χ1v) is 6.49. The van der Waals surface area contributed by atoms with Crippen molar-refractivity contribution in [2.24, 2.45) is 0 Å². The summed E-state index contributed by atoms with van der Waals surface area (Å²) in [5, 5.41) is 2.87. The second kappa shape index (κ2) is 5.89. The Morgan fingerprint density at radius 3 is 2.53 bits per heavy atom. The first kappa shape index (κ1) is 12.2. The summed E-state index contributed by atoms with van der Waals surface area (Å²) < 4.78 is 10.7. The van der Waals surface area contributed by atoms with Gasteiger partial charge in [0.05, 0.1) is 18.7 Å². The molecule has 0 N–H and O–H groups in total. The Kier molecular flexibility index (Phi) is 4.23. The van der Waals surface area contributed by atoms with Crippen molar-refractivity contribution in [2.45, 2.75) is 12.5 Å². The van der Waals surface area contributed by atoms with Gasteiger partial charge in [0.15, 0.2) is 0 Å². The number of ether oxygens (including phenoxy) is 2. The minimum Gasteiger partial charge on any atom is -0.497 e. The van der Waals surface area contributed by atoms with Crippen molar-refractivity contribution in [3.05, 3.63) is 40.3 Å². The molecule has 5 heteroatoms. The van der Waals surface area contributed by atoms with Crippen molar-refractivity contribution in [3.63, 3.8) is 0 Å². The van der Waals surface area contributed by atoms with Crippen molar-refractivity contribution in [3.8, 4) is 11.5 Å². The lowest BCUT2D eigenvalue weighted by Crippen LogP contribution is -1.95. The predicted octanol–water partition coefficient (Wildman–Crippen LogP) is 3.47. The van der Waals surface area contributed by atoms with E-state index in [0.717, 1.165) is 22.2 Å². The predicted molar refractivity (Wildman–Crippen MR) is 69.0 cm³/mol. The summed E-state index contributed by atoms with van der Waals surface area (Å²) in [6, 6.07) is 7.46. The van der Waals surface area contributed by atoms with Crippen LogP contribution < -0.4 is 9.47 Å². The molecule has 1 aromatic heterocycles. The maximum Gasteiger partial charge on any atom is 0.140 e. The summed E-state index contributed by atoms with van der Waals surface area (Å²) in [6.45, 7) is 0.466. The van der Waals surface area contributed by atoms with E-state index in [1.54, 1.807) is 18.4 Å². The molecule has 0 fully saturated rings. The molecule has 1 heterocycles. The molecule has 0 aliphatic carbocycles. The Morgan fingerprint density at radius 1 is 1.24 bits per heavy atom. The Balaban J connectivity index is 1.92. The van der Waals surface area contributed by atoms with Gasteiger partial charge in [0.2, 0.25) is 0 Å². The van der Waals surface area contributed by atoms with Crippen molar-refractivity contribution in [1.82, 2.24) is 4.98 Å². The minimum absolute atomic E-state index is 0.443. The minimum atomic E-state index is 0.443. The number of thiazole rings is 1. The highest BCUT2D eigenvalue weighted by molar-refractivity contribution is 7.09. The Labute approximate surface area is 109 Å². The molecular weight excluding hydrogens is 258 g/mol. The van der Waals surface area contributed by atoms with Gasteiger partial charge in [0, 0.05) is 5.38 Å². The maximum atomic E-state index is 5.68. The van der Waals surface area contributed by atoms with Gasteiger partial charge in [-0.3, -0.25) is 0 Å². The van der Waals surface area contributed by atoms with Gasteiger partial charge in [0.25, 0.3) is 0 Å². The summed E-state index contributed by atoms with van der Waals surface area (Å²) in [5.41, 5.74) is 0.894. The number of hydrogen-bond acceptors (Lipinski definition) is 4. The van der Waals surface area contributed by atoms with Crippen LogP contribution in [0.3, 0.4) is 0 Å². The van der Waals surface area contributed by atoms with Gasteiger partial charge in [0.1, 0.15) is 23.1 Å². The molecule has 0 aliphatic heterocycles. The number of halogens is 1. The average Bonchev–Trinajstić information content (AvgIpc) is 2.85. The molecule has 3 nitrogen and oxygen atoms in total. The van der Waals surface area contributed by atoms with Gasteiger partial charge < -0.3 is 9.47 Å². The zero-order valence-corrected chi connectivity index (χ0v) is 10.9. The van der Waals surface area contributed by atoms with Crippen molar-refractivity contribution >= 4 is 22.9 Å². The smallest absolute Gasteiger partial charge is 0.140 e. The second-order valence-corrected chi connectivity index (χ2v) is 4.54. The largest absolute Gasteiger partial charge is 0.497 e. The summed E-state index contributed by atoms with van der Waals surface area (Å²) in [4.78, 5) is 4.31. The number of hydrogen-bond donors (Lipinski definition) is 0. The van der Waals surface area contributed by atoms with Crippen molar-refractivity contribution in [2.75, 3.05) is 7.11 Å². The van der Waals surface area contributed by atoms with E-state index < -0.39 is 0 Å². The molecule has 0 spiro atoms. The van der Waals surface area contributed by atoms with E-state index in [0.29, 0.717) is 12.5 Å². The van der Waals surface area contributed by atoms with Gasteiger partial charge in [-0.25, -0.2) is 4.98 Å². The highest BCUT2D eigenvalue weighted by atomic mass is 35.5. The molecule has 0 bridgehead atoms. The summed E-state index contributed by atoms with van der Waals surface area (Å²) in [6.07, 6.45) is 0. The maximum absolute atomic E-state index is 5.68. The highest BCUT2D eigenvalue weighted by Gasteiger charge is 2.02. The lowest BCUT2D eigenvalue weighted by molar-refractivity contribution is 0.304. The standard InChI is InChI=1S/C12H12ClNO2S/c1-15-10-2-4-11(5-3-10)16-7-12-14-9(6-13)8-17-12/h2-5,8H,6-7H2,1H3. The molecule has 0 saturated carbocycles. The number of methoxy groups -OCH3 is 1. The third-order valence-electron chi connectivity index (χ3n) is 2.16. The van der Waals surface area contributed by atoms with E-state index in [9.17, 15) is 0 Å². The molecule has 0 radical (unpaired) electrons. The van der Waals surface area contributed by atoms with E-state index in [4.69, 9.17) is 21.1 Å². The van der Waals surface area contributed by atoms with E-state index in [1.165, 1.54) is 0 Å². The quantitative estimate of drug-likeness (QED) is 0.779. The van der Waals surface area contributed by atoms with Gasteiger partial charge in [-0.1, -0.05) is 0 Å². The monoisotopic (exact) mass is 269 g/mol. The van der Waals surface area contributed by atoms with Crippen LogP contribution in [0.4, 0.5) is 0 Å². The fourth-order valence-corrected chi connectivity index (χ4v) is 2.23. The van der Waals surface area contributed by atoms with Crippen LogP contribution in [0, 0.1) is 0 Å².